The Morgan fingerprint density at radius 1 is 1.33 bits per heavy atom. The molecule has 6 nitrogen and oxygen atoms in total. The third-order valence-electron chi connectivity index (χ3n) is 2.79. The van der Waals surface area contributed by atoms with E-state index in [0.29, 0.717) is 29.4 Å². The number of carbonyl (C=O) groups excluding carboxylic acids is 2. The number of amides is 1. The summed E-state index contributed by atoms with van der Waals surface area (Å²) in [5.41, 5.74) is 12.5. The van der Waals surface area contributed by atoms with Crippen LogP contribution in [0.2, 0.25) is 0 Å². The molecule has 6 heteroatoms. The predicted octanol–water partition coefficient (Wildman–Crippen LogP) is 1.39. The summed E-state index contributed by atoms with van der Waals surface area (Å²) in [4.78, 5) is 25.1. The molecule has 1 aromatic rings. The zero-order valence-electron chi connectivity index (χ0n) is 12.8. The van der Waals surface area contributed by atoms with Gasteiger partial charge < -0.3 is 21.1 Å². The number of hydrogen-bond acceptors (Lipinski definition) is 5. The van der Waals surface area contributed by atoms with Crippen LogP contribution in [0.1, 0.15) is 31.1 Å². The van der Waals surface area contributed by atoms with E-state index in [0.717, 1.165) is 0 Å². The van der Waals surface area contributed by atoms with E-state index < -0.39 is 11.9 Å². The lowest BCUT2D eigenvalue weighted by molar-refractivity contribution is -0.116. The van der Waals surface area contributed by atoms with Gasteiger partial charge in [-0.3, -0.25) is 4.79 Å². The Balaban J connectivity index is 3.22. The van der Waals surface area contributed by atoms with Crippen LogP contribution >= 0.6 is 0 Å². The summed E-state index contributed by atoms with van der Waals surface area (Å²) in [5, 5.41) is 0. The third-order valence-corrected chi connectivity index (χ3v) is 2.79. The molecule has 0 fully saturated rings. The Morgan fingerprint density at radius 2 is 2.00 bits per heavy atom. The Bertz CT molecular complexity index is 515. The van der Waals surface area contributed by atoms with E-state index in [-0.39, 0.29) is 13.2 Å². The van der Waals surface area contributed by atoms with Crippen molar-refractivity contribution < 1.29 is 14.3 Å². The van der Waals surface area contributed by atoms with Crippen LogP contribution in [0.3, 0.4) is 0 Å². The van der Waals surface area contributed by atoms with Crippen molar-refractivity contribution in [3.05, 3.63) is 23.8 Å². The van der Waals surface area contributed by atoms with E-state index in [2.05, 4.69) is 0 Å². The molecule has 0 aromatic heterocycles. The molecule has 0 bridgehead atoms. The predicted molar refractivity (Wildman–Crippen MR) is 83.1 cm³/mol. The minimum Gasteiger partial charge on any atom is -0.462 e. The molecular weight excluding hydrogens is 270 g/mol. The monoisotopic (exact) mass is 293 g/mol. The fourth-order valence-electron chi connectivity index (χ4n) is 2.08. The van der Waals surface area contributed by atoms with Gasteiger partial charge >= 0.3 is 5.97 Å². The molecule has 21 heavy (non-hydrogen) atoms. The summed E-state index contributed by atoms with van der Waals surface area (Å²) in [6.45, 7) is 6.69. The second kappa shape index (κ2) is 7.52. The van der Waals surface area contributed by atoms with Gasteiger partial charge in [-0.2, -0.15) is 0 Å². The van der Waals surface area contributed by atoms with Gasteiger partial charge in [0.2, 0.25) is 5.91 Å². The van der Waals surface area contributed by atoms with Crippen LogP contribution in [0.5, 0.6) is 0 Å². The Kier molecular flexibility index (Phi) is 6.02. The molecule has 0 saturated carbocycles. The zero-order chi connectivity index (χ0) is 16.0. The second-order valence-corrected chi connectivity index (χ2v) is 5.24. The number of carbonyl (C=O) groups is 2. The maximum atomic E-state index is 12.1. The lowest BCUT2D eigenvalue weighted by Crippen LogP contribution is -2.37. The van der Waals surface area contributed by atoms with E-state index in [1.54, 1.807) is 30.0 Å². The van der Waals surface area contributed by atoms with Crippen molar-refractivity contribution in [3.63, 3.8) is 0 Å². The molecule has 0 aliphatic carbocycles. The highest BCUT2D eigenvalue weighted by Crippen LogP contribution is 2.25. The number of benzene rings is 1. The number of rotatable bonds is 7. The molecule has 0 spiro atoms. The van der Waals surface area contributed by atoms with E-state index in [9.17, 15) is 9.59 Å². The van der Waals surface area contributed by atoms with Crippen molar-refractivity contribution >= 4 is 23.3 Å². The fourth-order valence-corrected chi connectivity index (χ4v) is 2.08. The first-order valence-electron chi connectivity index (χ1n) is 6.95. The number of anilines is 2. The molecule has 0 saturated heterocycles. The van der Waals surface area contributed by atoms with Crippen LogP contribution in [0.15, 0.2) is 18.2 Å². The van der Waals surface area contributed by atoms with Gasteiger partial charge in [0.25, 0.3) is 0 Å². The van der Waals surface area contributed by atoms with Crippen molar-refractivity contribution in [1.82, 2.24) is 0 Å². The molecule has 1 rings (SSSR count). The fraction of sp³-hybridized carbons (Fsp3) is 0.467. The highest BCUT2D eigenvalue weighted by Gasteiger charge is 2.20. The van der Waals surface area contributed by atoms with Gasteiger partial charge in [-0.05, 0) is 31.0 Å². The standard InChI is InChI=1S/C15H23N3O3/c1-4-21-15(20)12-7-11(16)5-6-13(12)18(8-10(2)3)9-14(17)19/h5-7,10H,4,8-9,16H2,1-3H3,(H2,17,19). The molecular formula is C15H23N3O3. The van der Waals surface area contributed by atoms with Crippen LogP contribution in [0.4, 0.5) is 11.4 Å². The molecule has 0 atom stereocenters. The van der Waals surface area contributed by atoms with Gasteiger partial charge in [-0.15, -0.1) is 0 Å². The molecule has 1 aromatic carbocycles. The number of nitrogens with zero attached hydrogens (tertiary/aromatic N) is 1. The first-order valence-corrected chi connectivity index (χ1v) is 6.95. The van der Waals surface area contributed by atoms with Crippen molar-refractivity contribution in [2.75, 3.05) is 30.3 Å². The second-order valence-electron chi connectivity index (χ2n) is 5.24. The van der Waals surface area contributed by atoms with Crippen LogP contribution in [0, 0.1) is 5.92 Å². The number of primary amides is 1. The van der Waals surface area contributed by atoms with Crippen molar-refractivity contribution in [1.29, 1.82) is 0 Å². The summed E-state index contributed by atoms with van der Waals surface area (Å²) >= 11 is 0. The average molecular weight is 293 g/mol. The molecule has 116 valence electrons. The molecule has 0 aliphatic rings. The van der Waals surface area contributed by atoms with E-state index in [1.165, 1.54) is 0 Å². The Labute approximate surface area is 125 Å². The maximum Gasteiger partial charge on any atom is 0.340 e. The van der Waals surface area contributed by atoms with E-state index in [4.69, 9.17) is 16.2 Å². The number of esters is 1. The summed E-state index contributed by atoms with van der Waals surface area (Å²) in [6.07, 6.45) is 0. The molecule has 1 amide bonds. The van der Waals surface area contributed by atoms with Crippen molar-refractivity contribution in [2.45, 2.75) is 20.8 Å². The van der Waals surface area contributed by atoms with Crippen molar-refractivity contribution in [2.24, 2.45) is 11.7 Å². The van der Waals surface area contributed by atoms with Crippen LogP contribution in [-0.2, 0) is 9.53 Å². The number of nitrogen functional groups attached to an aromatic ring is 1. The number of nitrogens with two attached hydrogens (primary N) is 2. The Morgan fingerprint density at radius 3 is 2.52 bits per heavy atom. The summed E-state index contributed by atoms with van der Waals surface area (Å²) < 4.78 is 5.05. The zero-order valence-corrected chi connectivity index (χ0v) is 12.8. The highest BCUT2D eigenvalue weighted by atomic mass is 16.5. The lowest BCUT2D eigenvalue weighted by Gasteiger charge is -2.27. The smallest absolute Gasteiger partial charge is 0.340 e. The number of hydrogen-bond donors (Lipinski definition) is 2. The van der Waals surface area contributed by atoms with Crippen LogP contribution in [0.25, 0.3) is 0 Å². The summed E-state index contributed by atoms with van der Waals surface area (Å²) in [7, 11) is 0. The first-order chi connectivity index (χ1) is 9.85. The summed E-state index contributed by atoms with van der Waals surface area (Å²) in [5.74, 6) is -0.614. The average Bonchev–Trinajstić information content (AvgIpc) is 2.37. The minimum absolute atomic E-state index is 0.0362. The molecule has 0 heterocycles. The van der Waals surface area contributed by atoms with Crippen LogP contribution in [-0.4, -0.2) is 31.6 Å². The van der Waals surface area contributed by atoms with Gasteiger partial charge in [0.1, 0.15) is 0 Å². The minimum atomic E-state index is -0.460. The van der Waals surface area contributed by atoms with E-state index >= 15 is 0 Å². The highest BCUT2D eigenvalue weighted by molar-refractivity contribution is 5.97. The van der Waals surface area contributed by atoms with Gasteiger partial charge in [0, 0.05) is 12.2 Å². The molecule has 4 N–H and O–H groups in total. The third kappa shape index (κ3) is 4.98. The molecule has 0 radical (unpaired) electrons. The topological polar surface area (TPSA) is 98.7 Å². The normalized spacial score (nSPS) is 10.5. The van der Waals surface area contributed by atoms with Crippen molar-refractivity contribution in [3.8, 4) is 0 Å². The first kappa shape index (κ1) is 16.8. The van der Waals surface area contributed by atoms with Crippen LogP contribution < -0.4 is 16.4 Å². The molecule has 0 unspecified atom stereocenters. The largest absolute Gasteiger partial charge is 0.462 e. The summed E-state index contributed by atoms with van der Waals surface area (Å²) in [6, 6.07) is 4.96. The Hall–Kier alpha value is -2.24. The van der Waals surface area contributed by atoms with Gasteiger partial charge in [-0.25, -0.2) is 4.79 Å². The lowest BCUT2D eigenvalue weighted by atomic mass is 10.1. The van der Waals surface area contributed by atoms with Gasteiger partial charge in [-0.1, -0.05) is 13.8 Å². The van der Waals surface area contributed by atoms with Gasteiger partial charge in [0.05, 0.1) is 24.4 Å². The number of ether oxygens (including phenoxy) is 1. The quantitative estimate of drug-likeness (QED) is 0.584. The van der Waals surface area contributed by atoms with Gasteiger partial charge in [0.15, 0.2) is 0 Å². The maximum absolute atomic E-state index is 12.1. The molecule has 0 aliphatic heterocycles. The van der Waals surface area contributed by atoms with E-state index in [1.807, 2.05) is 13.8 Å². The SMILES string of the molecule is CCOC(=O)c1cc(N)ccc1N(CC(N)=O)CC(C)C.